The monoisotopic (exact) mass is 477 g/mol. The van der Waals surface area contributed by atoms with Crippen molar-refractivity contribution in [2.45, 2.75) is 19.4 Å². The maximum atomic E-state index is 13.2. The molecule has 3 N–H and O–H groups in total. The van der Waals surface area contributed by atoms with Crippen molar-refractivity contribution in [3.63, 3.8) is 0 Å². The van der Waals surface area contributed by atoms with Crippen molar-refractivity contribution in [3.8, 4) is 0 Å². The number of benzene rings is 1. The molecule has 0 spiro atoms. The lowest BCUT2D eigenvalue weighted by atomic mass is 9.97. The highest BCUT2D eigenvalue weighted by Crippen LogP contribution is 2.21. The van der Waals surface area contributed by atoms with Crippen LogP contribution in [0.2, 0.25) is 0 Å². The van der Waals surface area contributed by atoms with Gasteiger partial charge in [0.1, 0.15) is 17.5 Å². The molecule has 0 saturated carbocycles. The second kappa shape index (κ2) is 10.9. The average molecular weight is 478 g/mol. The number of hydrogen-bond acceptors (Lipinski definition) is 9. The van der Waals surface area contributed by atoms with Gasteiger partial charge in [-0.3, -0.25) is 9.80 Å². The van der Waals surface area contributed by atoms with Gasteiger partial charge in [-0.2, -0.15) is 15.0 Å². The number of hydrogen-bond donors (Lipinski definition) is 2. The molecule has 0 radical (unpaired) electrons. The fourth-order valence-corrected chi connectivity index (χ4v) is 4.94. The zero-order valence-corrected chi connectivity index (χ0v) is 19.9. The Bertz CT molecular complexity index is 1090. The molecule has 10 heteroatoms. The number of pyridine rings is 1. The number of rotatable bonds is 7. The molecule has 2 aromatic heterocycles. The van der Waals surface area contributed by atoms with E-state index >= 15 is 0 Å². The number of piperazine rings is 1. The molecule has 3 aromatic rings. The summed E-state index contributed by atoms with van der Waals surface area (Å²) in [6.07, 6.45) is 4.27. The molecule has 5 rings (SSSR count). The van der Waals surface area contributed by atoms with Gasteiger partial charge < -0.3 is 16.0 Å². The van der Waals surface area contributed by atoms with Crippen LogP contribution in [0.5, 0.6) is 0 Å². The van der Waals surface area contributed by atoms with Gasteiger partial charge in [-0.05, 0) is 61.7 Å². The summed E-state index contributed by atoms with van der Waals surface area (Å²) in [6, 6.07) is 12.2. The summed E-state index contributed by atoms with van der Waals surface area (Å²) in [5.41, 5.74) is 6.65. The molecule has 0 bridgehead atoms. The minimum Gasteiger partial charge on any atom is -0.368 e. The Labute approximate surface area is 205 Å². The third kappa shape index (κ3) is 6.40. The molecule has 0 aliphatic carbocycles. The fraction of sp³-hybridized carbons (Fsp3) is 0.440. The summed E-state index contributed by atoms with van der Waals surface area (Å²) in [4.78, 5) is 24.9. The molecule has 4 heterocycles. The van der Waals surface area contributed by atoms with E-state index in [9.17, 15) is 4.39 Å². The van der Waals surface area contributed by atoms with Gasteiger partial charge in [0.25, 0.3) is 0 Å². The molecule has 1 atom stereocenters. The van der Waals surface area contributed by atoms with Crippen LogP contribution in [0.15, 0.2) is 48.7 Å². The number of nitrogens with one attached hydrogen (secondary N) is 1. The molecule has 35 heavy (non-hydrogen) atoms. The van der Waals surface area contributed by atoms with Crippen LogP contribution in [0.25, 0.3) is 0 Å². The molecule has 0 amide bonds. The average Bonchev–Trinajstić information content (AvgIpc) is 2.86. The lowest BCUT2D eigenvalue weighted by Gasteiger charge is -2.39. The van der Waals surface area contributed by atoms with Gasteiger partial charge in [-0.1, -0.05) is 6.07 Å². The highest BCUT2D eigenvalue weighted by atomic mass is 19.1. The first-order chi connectivity index (χ1) is 17.1. The first kappa shape index (κ1) is 23.4. The van der Waals surface area contributed by atoms with E-state index in [1.54, 1.807) is 12.1 Å². The second-order valence-corrected chi connectivity index (χ2v) is 9.28. The SMILES string of the molecule is Nc1nc(CN2CCCC(CN3CCN(c4ccccn4)CC3)C2)nc(Nc2ccc(F)cc2)n1. The number of aromatic nitrogens is 4. The van der Waals surface area contributed by atoms with Crippen LogP contribution in [0.1, 0.15) is 18.7 Å². The lowest BCUT2D eigenvalue weighted by Crippen LogP contribution is -2.49. The van der Waals surface area contributed by atoms with Gasteiger partial charge in [0, 0.05) is 51.2 Å². The van der Waals surface area contributed by atoms with Crippen LogP contribution in [-0.4, -0.2) is 75.5 Å². The minimum atomic E-state index is -0.291. The number of nitrogens with two attached hydrogens (primary N) is 1. The van der Waals surface area contributed by atoms with Crippen molar-refractivity contribution in [1.29, 1.82) is 0 Å². The zero-order chi connectivity index (χ0) is 24.0. The van der Waals surface area contributed by atoms with E-state index in [4.69, 9.17) is 5.73 Å². The third-order valence-corrected chi connectivity index (χ3v) is 6.63. The molecule has 184 valence electrons. The first-order valence-corrected chi connectivity index (χ1v) is 12.2. The smallest absolute Gasteiger partial charge is 0.232 e. The van der Waals surface area contributed by atoms with Crippen LogP contribution in [0.3, 0.4) is 0 Å². The summed E-state index contributed by atoms with van der Waals surface area (Å²) < 4.78 is 13.2. The first-order valence-electron chi connectivity index (χ1n) is 12.2. The highest BCUT2D eigenvalue weighted by Gasteiger charge is 2.25. The van der Waals surface area contributed by atoms with Gasteiger partial charge in [0.05, 0.1) is 6.54 Å². The lowest BCUT2D eigenvalue weighted by molar-refractivity contribution is 0.123. The summed E-state index contributed by atoms with van der Waals surface area (Å²) in [6.45, 7) is 7.95. The molecule has 2 aliphatic rings. The van der Waals surface area contributed by atoms with Crippen LogP contribution in [0, 0.1) is 11.7 Å². The molecule has 9 nitrogen and oxygen atoms in total. The number of halogens is 1. The quantitative estimate of drug-likeness (QED) is 0.532. The third-order valence-electron chi connectivity index (χ3n) is 6.63. The molecule has 2 saturated heterocycles. The second-order valence-electron chi connectivity index (χ2n) is 9.28. The van der Waals surface area contributed by atoms with Crippen molar-refractivity contribution in [3.05, 3.63) is 60.3 Å². The molecule has 1 unspecified atom stereocenters. The molecule has 2 fully saturated rings. The van der Waals surface area contributed by atoms with Crippen molar-refractivity contribution in [2.75, 3.05) is 61.8 Å². The predicted molar refractivity (Wildman–Crippen MR) is 135 cm³/mol. The van der Waals surface area contributed by atoms with Crippen LogP contribution in [-0.2, 0) is 6.54 Å². The normalized spacial score (nSPS) is 19.6. The van der Waals surface area contributed by atoms with E-state index in [1.807, 2.05) is 18.3 Å². The highest BCUT2D eigenvalue weighted by molar-refractivity contribution is 5.53. The Morgan fingerprint density at radius 2 is 1.77 bits per heavy atom. The number of piperidine rings is 1. The van der Waals surface area contributed by atoms with Crippen LogP contribution in [0.4, 0.5) is 27.8 Å². The molecule has 2 aliphatic heterocycles. The van der Waals surface area contributed by atoms with Crippen LogP contribution >= 0.6 is 0 Å². The predicted octanol–water partition coefficient (Wildman–Crippen LogP) is 2.77. The summed E-state index contributed by atoms with van der Waals surface area (Å²) in [7, 11) is 0. The van der Waals surface area contributed by atoms with E-state index in [-0.39, 0.29) is 11.8 Å². The maximum absolute atomic E-state index is 13.2. The maximum Gasteiger partial charge on any atom is 0.232 e. The number of nitrogens with zero attached hydrogens (tertiary/aromatic N) is 7. The number of nitrogen functional groups attached to an aromatic ring is 1. The largest absolute Gasteiger partial charge is 0.368 e. The van der Waals surface area contributed by atoms with E-state index in [2.05, 4.69) is 46.0 Å². The summed E-state index contributed by atoms with van der Waals surface area (Å²) >= 11 is 0. The van der Waals surface area contributed by atoms with Gasteiger partial charge in [-0.25, -0.2) is 9.37 Å². The van der Waals surface area contributed by atoms with Crippen molar-refractivity contribution >= 4 is 23.4 Å². The Kier molecular flexibility index (Phi) is 7.29. The molecular formula is C25H32FN9. The number of likely N-dealkylation sites (tertiary alicyclic amines) is 1. The van der Waals surface area contributed by atoms with Crippen molar-refractivity contribution in [2.24, 2.45) is 5.92 Å². The topological polar surface area (TPSA) is 99.3 Å². The van der Waals surface area contributed by atoms with E-state index in [1.165, 1.54) is 25.0 Å². The Hall–Kier alpha value is -3.37. The Morgan fingerprint density at radius 3 is 2.54 bits per heavy atom. The van der Waals surface area contributed by atoms with E-state index in [0.717, 1.165) is 51.6 Å². The van der Waals surface area contributed by atoms with Crippen molar-refractivity contribution < 1.29 is 4.39 Å². The van der Waals surface area contributed by atoms with Gasteiger partial charge in [-0.15, -0.1) is 0 Å². The van der Waals surface area contributed by atoms with Gasteiger partial charge in [0.2, 0.25) is 11.9 Å². The minimum absolute atomic E-state index is 0.180. The Balaban J connectivity index is 1.13. The van der Waals surface area contributed by atoms with Gasteiger partial charge in [0.15, 0.2) is 0 Å². The summed E-state index contributed by atoms with van der Waals surface area (Å²) in [5, 5.41) is 3.09. The van der Waals surface area contributed by atoms with E-state index < -0.39 is 0 Å². The van der Waals surface area contributed by atoms with Crippen molar-refractivity contribution in [1.82, 2.24) is 29.7 Å². The van der Waals surface area contributed by atoms with E-state index in [0.29, 0.717) is 29.9 Å². The molecule has 1 aromatic carbocycles. The van der Waals surface area contributed by atoms with Crippen LogP contribution < -0.4 is 16.0 Å². The number of anilines is 4. The standard InChI is InChI=1S/C25H32FN9/c26-20-6-8-21(9-7-20)29-25-31-22(30-24(27)32-25)18-34-11-3-4-19(17-34)16-33-12-14-35(15-13-33)23-5-1-2-10-28-23/h1-2,5-10,19H,3-4,11-18H2,(H3,27,29,30,31,32). The fourth-order valence-electron chi connectivity index (χ4n) is 4.94. The molecular weight excluding hydrogens is 445 g/mol. The van der Waals surface area contributed by atoms with Gasteiger partial charge >= 0.3 is 0 Å². The Morgan fingerprint density at radius 1 is 0.943 bits per heavy atom. The summed E-state index contributed by atoms with van der Waals surface area (Å²) in [5.74, 6) is 2.60. The zero-order valence-electron chi connectivity index (χ0n) is 19.9.